The van der Waals surface area contributed by atoms with Gasteiger partial charge in [0.15, 0.2) is 0 Å². The van der Waals surface area contributed by atoms with Crippen LogP contribution in [0.3, 0.4) is 0 Å². The van der Waals surface area contributed by atoms with E-state index >= 15 is 0 Å². The highest BCUT2D eigenvalue weighted by molar-refractivity contribution is 6.31. The third kappa shape index (κ3) is 6.83. The highest BCUT2D eigenvalue weighted by Crippen LogP contribution is 2.31. The Morgan fingerprint density at radius 3 is 2.35 bits per heavy atom. The van der Waals surface area contributed by atoms with Crippen LogP contribution in [-0.2, 0) is 11.8 Å². The maximum atomic E-state index is 6.48. The minimum absolute atomic E-state index is 0.130. The van der Waals surface area contributed by atoms with Crippen molar-refractivity contribution in [1.82, 2.24) is 14.9 Å². The number of fused-ring (bicyclic) bond motifs is 1. The lowest BCUT2D eigenvalue weighted by Gasteiger charge is -2.21. The van der Waals surface area contributed by atoms with E-state index in [0.29, 0.717) is 5.02 Å². The molecule has 0 radical (unpaired) electrons. The molecular weight excluding hydrogens is 442 g/mol. The molecule has 0 aliphatic rings. The molecule has 3 aromatic rings. The normalized spacial score (nSPS) is 12.9. The second kappa shape index (κ2) is 11.4. The van der Waals surface area contributed by atoms with Gasteiger partial charge in [-0.05, 0) is 80.1 Å². The van der Waals surface area contributed by atoms with Gasteiger partial charge in [0.2, 0.25) is 5.95 Å². The molecule has 1 atom stereocenters. The molecule has 1 heterocycles. The van der Waals surface area contributed by atoms with Crippen molar-refractivity contribution >= 4 is 34.3 Å². The molecule has 2 aromatic carbocycles. The third-order valence-corrected chi connectivity index (χ3v) is 6.68. The Bertz CT molecular complexity index is 1080. The summed E-state index contributed by atoms with van der Waals surface area (Å²) < 4.78 is 0. The van der Waals surface area contributed by atoms with E-state index in [1.165, 1.54) is 11.1 Å². The van der Waals surface area contributed by atoms with Crippen LogP contribution in [0.4, 0.5) is 11.8 Å². The Kier molecular flexibility index (Phi) is 8.78. The van der Waals surface area contributed by atoms with E-state index < -0.39 is 0 Å². The van der Waals surface area contributed by atoms with Gasteiger partial charge in [-0.15, -0.1) is 0 Å². The fourth-order valence-corrected chi connectivity index (χ4v) is 4.62. The number of nitrogens with two attached hydrogens (primary N) is 1. The standard InChI is InChI=1S/C28H40ClN5/c1-7-34(8-2)15-9-10-19(3)31-26-25-21(17-23(29)18-24(25)32-27(30)33-26)16-20-11-13-22(14-12-20)28(4,5)6/h11-14,17-19H,7-10,15-16H2,1-6H3,(H3,30,31,32,33). The van der Waals surface area contributed by atoms with Crippen molar-refractivity contribution in [2.75, 3.05) is 30.7 Å². The van der Waals surface area contributed by atoms with E-state index in [4.69, 9.17) is 17.3 Å². The van der Waals surface area contributed by atoms with Gasteiger partial charge in [-0.3, -0.25) is 0 Å². The number of benzene rings is 2. The van der Waals surface area contributed by atoms with Crippen LogP contribution in [0, 0.1) is 0 Å². The highest BCUT2D eigenvalue weighted by Gasteiger charge is 2.16. The van der Waals surface area contributed by atoms with Gasteiger partial charge in [-0.25, -0.2) is 4.98 Å². The van der Waals surface area contributed by atoms with Crippen LogP contribution in [0.25, 0.3) is 10.9 Å². The fraction of sp³-hybridized carbons (Fsp3) is 0.500. The molecule has 34 heavy (non-hydrogen) atoms. The van der Waals surface area contributed by atoms with Gasteiger partial charge < -0.3 is 16.0 Å². The zero-order valence-electron chi connectivity index (χ0n) is 21.6. The van der Waals surface area contributed by atoms with E-state index in [0.717, 1.165) is 61.2 Å². The molecule has 3 N–H and O–H groups in total. The van der Waals surface area contributed by atoms with Crippen LogP contribution in [0.1, 0.15) is 71.1 Å². The molecule has 0 saturated carbocycles. The predicted octanol–water partition coefficient (Wildman–Crippen LogP) is 6.68. The summed E-state index contributed by atoms with van der Waals surface area (Å²) in [6.07, 6.45) is 2.94. The summed E-state index contributed by atoms with van der Waals surface area (Å²) in [6.45, 7) is 16.6. The first-order valence-electron chi connectivity index (χ1n) is 12.4. The van der Waals surface area contributed by atoms with E-state index in [2.05, 4.69) is 86.0 Å². The average Bonchev–Trinajstić information content (AvgIpc) is 2.75. The molecule has 6 heteroatoms. The molecule has 0 bridgehead atoms. The number of halogens is 1. The Morgan fingerprint density at radius 1 is 1.06 bits per heavy atom. The Labute approximate surface area is 210 Å². The minimum Gasteiger partial charge on any atom is -0.368 e. The zero-order valence-corrected chi connectivity index (χ0v) is 22.3. The molecule has 5 nitrogen and oxygen atoms in total. The molecule has 0 amide bonds. The first kappa shape index (κ1) is 26.2. The largest absolute Gasteiger partial charge is 0.368 e. The van der Waals surface area contributed by atoms with Gasteiger partial charge in [0.05, 0.1) is 5.52 Å². The maximum absolute atomic E-state index is 6.48. The number of nitrogens with one attached hydrogen (secondary N) is 1. The second-order valence-electron chi connectivity index (χ2n) is 10.2. The summed E-state index contributed by atoms with van der Waals surface area (Å²) in [5.74, 6) is 1.05. The lowest BCUT2D eigenvalue weighted by Crippen LogP contribution is -2.26. The summed E-state index contributed by atoms with van der Waals surface area (Å²) in [4.78, 5) is 11.5. The van der Waals surface area contributed by atoms with Crippen molar-refractivity contribution in [3.05, 3.63) is 58.1 Å². The van der Waals surface area contributed by atoms with Gasteiger partial charge in [-0.2, -0.15) is 4.98 Å². The summed E-state index contributed by atoms with van der Waals surface area (Å²) in [6, 6.07) is 13.0. The molecule has 3 rings (SSSR count). The molecular formula is C28H40ClN5. The van der Waals surface area contributed by atoms with Crippen LogP contribution in [0.2, 0.25) is 5.02 Å². The van der Waals surface area contributed by atoms with Crippen LogP contribution in [0.15, 0.2) is 36.4 Å². The summed E-state index contributed by atoms with van der Waals surface area (Å²) in [5.41, 5.74) is 10.6. The van der Waals surface area contributed by atoms with Crippen molar-refractivity contribution in [2.45, 2.75) is 72.3 Å². The predicted molar refractivity (Wildman–Crippen MR) is 147 cm³/mol. The van der Waals surface area contributed by atoms with Crippen molar-refractivity contribution in [3.63, 3.8) is 0 Å². The van der Waals surface area contributed by atoms with Gasteiger partial charge >= 0.3 is 0 Å². The van der Waals surface area contributed by atoms with E-state index in [1.54, 1.807) is 0 Å². The molecule has 0 spiro atoms. The Hall–Kier alpha value is -2.37. The fourth-order valence-electron chi connectivity index (χ4n) is 4.38. The molecule has 0 saturated heterocycles. The molecule has 1 unspecified atom stereocenters. The molecule has 0 aliphatic carbocycles. The summed E-state index contributed by atoms with van der Waals surface area (Å²) in [5, 5.41) is 5.27. The number of hydrogen-bond donors (Lipinski definition) is 2. The monoisotopic (exact) mass is 481 g/mol. The Balaban J connectivity index is 1.87. The third-order valence-electron chi connectivity index (χ3n) is 6.47. The SMILES string of the molecule is CCN(CC)CCCC(C)Nc1nc(N)nc2cc(Cl)cc(Cc3ccc(C(C)(C)C)cc3)c12. The van der Waals surface area contributed by atoms with E-state index in [1.807, 2.05) is 12.1 Å². The lowest BCUT2D eigenvalue weighted by atomic mass is 9.86. The maximum Gasteiger partial charge on any atom is 0.222 e. The number of rotatable bonds is 10. The summed E-state index contributed by atoms with van der Waals surface area (Å²) in [7, 11) is 0. The first-order chi connectivity index (χ1) is 16.1. The van der Waals surface area contributed by atoms with E-state index in [-0.39, 0.29) is 17.4 Å². The van der Waals surface area contributed by atoms with Crippen LogP contribution >= 0.6 is 11.6 Å². The molecule has 184 valence electrons. The van der Waals surface area contributed by atoms with Gasteiger partial charge in [0.1, 0.15) is 5.82 Å². The zero-order chi connectivity index (χ0) is 24.9. The van der Waals surface area contributed by atoms with Crippen LogP contribution in [0.5, 0.6) is 0 Å². The van der Waals surface area contributed by atoms with Crippen molar-refractivity contribution in [3.8, 4) is 0 Å². The van der Waals surface area contributed by atoms with Gasteiger partial charge in [-0.1, -0.05) is 70.5 Å². The molecule has 1 aromatic heterocycles. The number of nitrogen functional groups attached to an aromatic ring is 1. The number of hydrogen-bond acceptors (Lipinski definition) is 5. The minimum atomic E-state index is 0.130. The van der Waals surface area contributed by atoms with Crippen LogP contribution < -0.4 is 11.1 Å². The quantitative estimate of drug-likeness (QED) is 0.338. The van der Waals surface area contributed by atoms with Crippen molar-refractivity contribution in [1.29, 1.82) is 0 Å². The second-order valence-corrected chi connectivity index (χ2v) is 10.7. The van der Waals surface area contributed by atoms with Crippen molar-refractivity contribution < 1.29 is 0 Å². The average molecular weight is 482 g/mol. The topological polar surface area (TPSA) is 67.1 Å². The first-order valence-corrected chi connectivity index (χ1v) is 12.8. The number of nitrogens with zero attached hydrogens (tertiary/aromatic N) is 3. The summed E-state index contributed by atoms with van der Waals surface area (Å²) >= 11 is 6.48. The number of aromatic nitrogens is 2. The number of anilines is 2. The highest BCUT2D eigenvalue weighted by atomic mass is 35.5. The smallest absolute Gasteiger partial charge is 0.222 e. The van der Waals surface area contributed by atoms with Gasteiger partial charge in [0.25, 0.3) is 0 Å². The van der Waals surface area contributed by atoms with Crippen LogP contribution in [-0.4, -0.2) is 40.5 Å². The lowest BCUT2D eigenvalue weighted by molar-refractivity contribution is 0.295. The van der Waals surface area contributed by atoms with Gasteiger partial charge in [0, 0.05) is 16.5 Å². The Morgan fingerprint density at radius 2 is 1.74 bits per heavy atom. The molecule has 0 aliphatic heterocycles. The molecule has 0 fully saturated rings. The van der Waals surface area contributed by atoms with Crippen molar-refractivity contribution in [2.24, 2.45) is 0 Å². The van der Waals surface area contributed by atoms with E-state index in [9.17, 15) is 0 Å².